The molecule has 0 aromatic rings. The summed E-state index contributed by atoms with van der Waals surface area (Å²) in [5, 5.41) is 0.867. The summed E-state index contributed by atoms with van der Waals surface area (Å²) in [6, 6.07) is -1.98. The van der Waals surface area contributed by atoms with Crippen molar-refractivity contribution < 1.29 is 26.4 Å². The highest BCUT2D eigenvalue weighted by Gasteiger charge is 2.38. The number of urea groups is 1. The molecule has 0 saturated carbocycles. The number of alkyl halides is 3. The smallest absolute Gasteiger partial charge is 0.321 e. The van der Waals surface area contributed by atoms with Crippen LogP contribution in [0.4, 0.5) is 18.0 Å². The molecule has 1 fully saturated rings. The van der Waals surface area contributed by atoms with Crippen LogP contribution in [-0.2, 0) is 9.84 Å². The summed E-state index contributed by atoms with van der Waals surface area (Å²) < 4.78 is 58.3. The van der Waals surface area contributed by atoms with E-state index in [-0.39, 0.29) is 24.5 Å². The average Bonchev–Trinajstić information content (AvgIpc) is 2.44. The van der Waals surface area contributed by atoms with Crippen LogP contribution in [0, 0.1) is 0 Å². The Morgan fingerprint density at radius 1 is 1.47 bits per heavy atom. The van der Waals surface area contributed by atoms with E-state index in [2.05, 4.69) is 0 Å². The van der Waals surface area contributed by atoms with Crippen LogP contribution in [-0.4, -0.2) is 49.7 Å². The minimum atomic E-state index is -4.80. The fourth-order valence-corrected chi connectivity index (χ4v) is 3.51. The maximum Gasteiger partial charge on any atom is 0.485 e. The van der Waals surface area contributed by atoms with Gasteiger partial charge >= 0.3 is 12.3 Å². The Hall–Kier alpha value is -0.990. The molecular weight excluding hydrogens is 261 g/mol. The van der Waals surface area contributed by atoms with E-state index in [4.69, 9.17) is 0 Å². The number of halogens is 3. The van der Waals surface area contributed by atoms with Crippen LogP contribution < -0.4 is 5.32 Å². The van der Waals surface area contributed by atoms with Crippen LogP contribution in [0.1, 0.15) is 13.3 Å². The third-order valence-electron chi connectivity index (χ3n) is 2.50. The second kappa shape index (κ2) is 4.71. The van der Waals surface area contributed by atoms with Crippen molar-refractivity contribution in [2.45, 2.75) is 25.7 Å². The summed E-state index contributed by atoms with van der Waals surface area (Å²) in [5.41, 5.74) is 0. The first-order valence-electron chi connectivity index (χ1n) is 5.00. The molecule has 1 heterocycles. The third-order valence-corrected chi connectivity index (χ3v) is 4.25. The molecule has 0 bridgehead atoms. The fourth-order valence-electron chi connectivity index (χ4n) is 1.78. The molecule has 1 aliphatic rings. The molecule has 17 heavy (non-hydrogen) atoms. The molecule has 1 rings (SSSR count). The van der Waals surface area contributed by atoms with Crippen molar-refractivity contribution in [3.63, 3.8) is 0 Å². The number of carbonyl (C=O) groups excluding carboxylic acids is 1. The molecule has 1 unspecified atom stereocenters. The first-order valence-corrected chi connectivity index (χ1v) is 6.82. The summed E-state index contributed by atoms with van der Waals surface area (Å²) in [6.45, 7) is 1.53. The van der Waals surface area contributed by atoms with Gasteiger partial charge in [0.05, 0.1) is 11.5 Å². The number of nitrogens with one attached hydrogen (secondary N) is 1. The molecule has 0 radical (unpaired) electrons. The number of hydrogen-bond acceptors (Lipinski definition) is 3. The molecular formula is C8H13F3N2O3S. The Labute approximate surface area is 96.9 Å². The first-order chi connectivity index (χ1) is 7.64. The maximum atomic E-state index is 12.0. The number of rotatable bonds is 2. The third kappa shape index (κ3) is 4.06. The molecule has 0 aromatic carbocycles. The highest BCUT2D eigenvalue weighted by molar-refractivity contribution is 7.91. The van der Waals surface area contributed by atoms with Gasteiger partial charge in [-0.25, -0.2) is 18.5 Å². The van der Waals surface area contributed by atoms with Crippen LogP contribution in [0.5, 0.6) is 0 Å². The van der Waals surface area contributed by atoms with Gasteiger partial charge in [-0.1, -0.05) is 0 Å². The number of sulfone groups is 1. The average molecular weight is 274 g/mol. The zero-order chi connectivity index (χ0) is 13.3. The number of nitrogens with zero attached hydrogens (tertiary/aromatic N) is 1. The molecule has 1 saturated heterocycles. The molecule has 5 nitrogen and oxygen atoms in total. The maximum absolute atomic E-state index is 12.0. The first kappa shape index (κ1) is 14.1. The molecule has 0 aromatic heterocycles. The molecule has 1 N–H and O–H groups in total. The predicted octanol–water partition coefficient (Wildman–Crippen LogP) is 0.725. The summed E-state index contributed by atoms with van der Waals surface area (Å²) in [5.74, 6) is -0.362. The van der Waals surface area contributed by atoms with Crippen molar-refractivity contribution in [1.82, 2.24) is 10.2 Å². The summed E-state index contributed by atoms with van der Waals surface area (Å²) >= 11 is 0. The van der Waals surface area contributed by atoms with Crippen molar-refractivity contribution in [3.05, 3.63) is 0 Å². The molecule has 9 heteroatoms. The van der Waals surface area contributed by atoms with Gasteiger partial charge in [-0.15, -0.1) is 0 Å². The van der Waals surface area contributed by atoms with Gasteiger partial charge in [0.25, 0.3) is 0 Å². The zero-order valence-electron chi connectivity index (χ0n) is 9.12. The minimum Gasteiger partial charge on any atom is -0.321 e. The lowest BCUT2D eigenvalue weighted by molar-refractivity contribution is -0.147. The van der Waals surface area contributed by atoms with Crippen LogP contribution in [0.2, 0.25) is 0 Å². The summed E-state index contributed by atoms with van der Waals surface area (Å²) in [7, 11) is -3.23. The van der Waals surface area contributed by atoms with Gasteiger partial charge in [-0.2, -0.15) is 13.2 Å². The Bertz CT molecular complexity index is 393. The monoisotopic (exact) mass is 274 g/mol. The Morgan fingerprint density at radius 2 is 2.06 bits per heavy atom. The van der Waals surface area contributed by atoms with Crippen molar-refractivity contribution in [3.8, 4) is 0 Å². The van der Waals surface area contributed by atoms with Crippen molar-refractivity contribution in [2.75, 3.05) is 18.1 Å². The van der Waals surface area contributed by atoms with Gasteiger partial charge < -0.3 is 4.90 Å². The highest BCUT2D eigenvalue weighted by Crippen LogP contribution is 2.19. The standard InChI is InChI=1S/C8H13F3N2O3S/c1-2-13(7(14)12-8(9,10)11)6-3-4-17(15,16)5-6/h6H,2-5H2,1H3,(H,12,14). The van der Waals surface area contributed by atoms with Gasteiger partial charge in [-0.3, -0.25) is 0 Å². The fraction of sp³-hybridized carbons (Fsp3) is 0.875. The van der Waals surface area contributed by atoms with Gasteiger partial charge in [0.1, 0.15) is 0 Å². The topological polar surface area (TPSA) is 66.5 Å². The second-order valence-electron chi connectivity index (χ2n) is 3.77. The molecule has 1 atom stereocenters. The molecule has 0 aliphatic carbocycles. The SMILES string of the molecule is CCN(C(=O)NC(F)(F)F)C1CCS(=O)(=O)C1. The lowest BCUT2D eigenvalue weighted by Gasteiger charge is -2.27. The van der Waals surface area contributed by atoms with Crippen LogP contribution in [0.3, 0.4) is 0 Å². The largest absolute Gasteiger partial charge is 0.485 e. The van der Waals surface area contributed by atoms with Crippen LogP contribution in [0.15, 0.2) is 0 Å². The van der Waals surface area contributed by atoms with E-state index in [9.17, 15) is 26.4 Å². The van der Waals surface area contributed by atoms with E-state index in [1.165, 1.54) is 6.92 Å². The normalized spacial score (nSPS) is 23.4. The van der Waals surface area contributed by atoms with E-state index in [1.807, 2.05) is 0 Å². The molecule has 1 aliphatic heterocycles. The van der Waals surface area contributed by atoms with E-state index >= 15 is 0 Å². The van der Waals surface area contributed by atoms with Gasteiger partial charge in [0.2, 0.25) is 0 Å². The van der Waals surface area contributed by atoms with Crippen LogP contribution >= 0.6 is 0 Å². The zero-order valence-corrected chi connectivity index (χ0v) is 9.94. The summed E-state index contributed by atoms with van der Waals surface area (Å²) in [6.07, 6.45) is -4.62. The van der Waals surface area contributed by atoms with Gasteiger partial charge in [0.15, 0.2) is 9.84 Å². The molecule has 2 amide bonds. The lowest BCUT2D eigenvalue weighted by Crippen LogP contribution is -2.50. The van der Waals surface area contributed by atoms with E-state index in [1.54, 1.807) is 0 Å². The lowest BCUT2D eigenvalue weighted by atomic mass is 10.2. The minimum absolute atomic E-state index is 0.0299. The summed E-state index contributed by atoms with van der Waals surface area (Å²) in [4.78, 5) is 12.2. The van der Waals surface area contributed by atoms with Crippen molar-refractivity contribution in [2.24, 2.45) is 0 Å². The van der Waals surface area contributed by atoms with Gasteiger partial charge in [0, 0.05) is 12.6 Å². The van der Waals surface area contributed by atoms with Crippen LogP contribution in [0.25, 0.3) is 0 Å². The number of amides is 2. The predicted molar refractivity (Wildman–Crippen MR) is 54.0 cm³/mol. The van der Waals surface area contributed by atoms with E-state index in [0.717, 1.165) is 10.2 Å². The highest BCUT2D eigenvalue weighted by atomic mass is 32.2. The Balaban J connectivity index is 2.70. The Kier molecular flexibility index (Phi) is 3.90. The van der Waals surface area contributed by atoms with Crippen molar-refractivity contribution in [1.29, 1.82) is 0 Å². The Morgan fingerprint density at radius 3 is 2.41 bits per heavy atom. The van der Waals surface area contributed by atoms with E-state index in [0.29, 0.717) is 0 Å². The number of hydrogen-bond donors (Lipinski definition) is 1. The number of carbonyl (C=O) groups is 1. The molecule has 0 spiro atoms. The second-order valence-corrected chi connectivity index (χ2v) is 6.00. The van der Waals surface area contributed by atoms with E-state index < -0.39 is 28.2 Å². The quantitative estimate of drug-likeness (QED) is 0.755. The van der Waals surface area contributed by atoms with Gasteiger partial charge in [-0.05, 0) is 13.3 Å². The molecule has 100 valence electrons. The van der Waals surface area contributed by atoms with Crippen molar-refractivity contribution >= 4 is 15.9 Å².